The van der Waals surface area contributed by atoms with Gasteiger partial charge in [-0.3, -0.25) is 9.69 Å². The summed E-state index contributed by atoms with van der Waals surface area (Å²) in [6, 6.07) is 8.25. The number of benzene rings is 1. The van der Waals surface area contributed by atoms with Crippen LogP contribution in [0.15, 0.2) is 33.0 Å². The molecule has 2 aromatic heterocycles. The molecule has 1 atom stereocenters. The molecule has 1 unspecified atom stereocenters. The fourth-order valence-electron chi connectivity index (χ4n) is 2.81. The normalized spacial score (nSPS) is 14.8. The van der Waals surface area contributed by atoms with Crippen LogP contribution in [0.25, 0.3) is 11.5 Å². The molecule has 7 nitrogen and oxygen atoms in total. The van der Waals surface area contributed by atoms with Gasteiger partial charge in [0.05, 0.1) is 5.25 Å². The lowest BCUT2D eigenvalue weighted by Crippen LogP contribution is -2.32. The molecule has 0 bridgehead atoms. The summed E-state index contributed by atoms with van der Waals surface area (Å²) >= 11 is 2.95. The summed E-state index contributed by atoms with van der Waals surface area (Å²) in [5, 5.41) is 17.5. The molecule has 1 saturated carbocycles. The number of amides is 1. The monoisotopic (exact) mass is 415 g/mol. The molecule has 4 rings (SSSR count). The molecule has 0 saturated heterocycles. The van der Waals surface area contributed by atoms with Crippen LogP contribution in [0.1, 0.15) is 49.8 Å². The van der Waals surface area contributed by atoms with Gasteiger partial charge in [0.15, 0.2) is 4.34 Å². The van der Waals surface area contributed by atoms with Crippen LogP contribution in [-0.2, 0) is 4.79 Å². The summed E-state index contributed by atoms with van der Waals surface area (Å²) in [4.78, 5) is 14.0. The SMILES string of the molecule is CCC(=O)N(c1nnc(SC(C)c2nnc(-c3cccc(C)c3)o2)s1)C1CC1. The second-order valence-corrected chi connectivity index (χ2v) is 9.32. The molecule has 2 heterocycles. The number of nitrogens with zero attached hydrogens (tertiary/aromatic N) is 5. The molecule has 146 valence electrons. The van der Waals surface area contributed by atoms with Crippen LogP contribution in [-0.4, -0.2) is 32.3 Å². The second kappa shape index (κ2) is 8.00. The Bertz CT molecular complexity index is 982. The second-order valence-electron chi connectivity index (χ2n) is 6.77. The van der Waals surface area contributed by atoms with Crippen molar-refractivity contribution < 1.29 is 9.21 Å². The van der Waals surface area contributed by atoms with Gasteiger partial charge in [-0.15, -0.1) is 20.4 Å². The molecule has 28 heavy (non-hydrogen) atoms. The molecule has 1 aromatic carbocycles. The third-order valence-corrected chi connectivity index (χ3v) is 6.51. The molecule has 1 amide bonds. The lowest BCUT2D eigenvalue weighted by Gasteiger charge is -2.17. The first-order valence-electron chi connectivity index (χ1n) is 9.27. The first-order chi connectivity index (χ1) is 13.5. The van der Waals surface area contributed by atoms with Crippen molar-refractivity contribution in [2.75, 3.05) is 4.90 Å². The van der Waals surface area contributed by atoms with Gasteiger partial charge < -0.3 is 4.42 Å². The van der Waals surface area contributed by atoms with Crippen molar-refractivity contribution in [1.82, 2.24) is 20.4 Å². The topological polar surface area (TPSA) is 85.0 Å². The van der Waals surface area contributed by atoms with Gasteiger partial charge in [-0.25, -0.2) is 0 Å². The smallest absolute Gasteiger partial charge is 0.247 e. The number of hydrogen-bond acceptors (Lipinski definition) is 8. The lowest BCUT2D eigenvalue weighted by molar-refractivity contribution is -0.118. The largest absolute Gasteiger partial charge is 0.419 e. The number of carbonyl (C=O) groups is 1. The summed E-state index contributed by atoms with van der Waals surface area (Å²) in [5.74, 6) is 1.16. The summed E-state index contributed by atoms with van der Waals surface area (Å²) in [7, 11) is 0. The summed E-state index contributed by atoms with van der Waals surface area (Å²) in [6.45, 7) is 5.90. The Balaban J connectivity index is 1.46. The Kier molecular flexibility index (Phi) is 5.45. The van der Waals surface area contributed by atoms with E-state index in [1.807, 2.05) is 45.0 Å². The maximum absolute atomic E-state index is 12.2. The number of thioether (sulfide) groups is 1. The van der Waals surface area contributed by atoms with Gasteiger partial charge >= 0.3 is 0 Å². The Morgan fingerprint density at radius 1 is 1.32 bits per heavy atom. The van der Waals surface area contributed by atoms with E-state index in [1.165, 1.54) is 23.1 Å². The highest BCUT2D eigenvalue weighted by atomic mass is 32.2. The third-order valence-electron chi connectivity index (χ3n) is 4.42. The average Bonchev–Trinajstić information content (AvgIpc) is 3.20. The molecule has 1 aliphatic carbocycles. The van der Waals surface area contributed by atoms with Gasteiger partial charge in [-0.1, -0.05) is 47.7 Å². The van der Waals surface area contributed by atoms with E-state index < -0.39 is 0 Å². The van der Waals surface area contributed by atoms with Gasteiger partial charge in [0, 0.05) is 18.0 Å². The van der Waals surface area contributed by atoms with E-state index >= 15 is 0 Å². The number of hydrogen-bond donors (Lipinski definition) is 0. The molecular weight excluding hydrogens is 394 g/mol. The maximum Gasteiger partial charge on any atom is 0.247 e. The lowest BCUT2D eigenvalue weighted by atomic mass is 10.1. The van der Waals surface area contributed by atoms with Crippen LogP contribution >= 0.6 is 23.1 Å². The number of aromatic nitrogens is 4. The fraction of sp³-hybridized carbons (Fsp3) is 0.421. The van der Waals surface area contributed by atoms with Crippen molar-refractivity contribution in [3.63, 3.8) is 0 Å². The van der Waals surface area contributed by atoms with Crippen LogP contribution in [0.2, 0.25) is 0 Å². The van der Waals surface area contributed by atoms with Gasteiger partial charge in [0.25, 0.3) is 0 Å². The fourth-order valence-corrected chi connectivity index (χ4v) is 4.92. The average molecular weight is 416 g/mol. The van der Waals surface area contributed by atoms with Crippen molar-refractivity contribution in [3.05, 3.63) is 35.7 Å². The first kappa shape index (κ1) is 19.1. The van der Waals surface area contributed by atoms with Crippen LogP contribution in [0.3, 0.4) is 0 Å². The van der Waals surface area contributed by atoms with E-state index in [2.05, 4.69) is 20.4 Å². The Hall–Kier alpha value is -2.26. The van der Waals surface area contributed by atoms with Crippen molar-refractivity contribution >= 4 is 34.1 Å². The number of carbonyl (C=O) groups excluding carboxylic acids is 1. The zero-order valence-electron chi connectivity index (χ0n) is 16.0. The van der Waals surface area contributed by atoms with Crippen LogP contribution in [0.5, 0.6) is 0 Å². The van der Waals surface area contributed by atoms with Gasteiger partial charge in [0.2, 0.25) is 22.8 Å². The molecule has 9 heteroatoms. The summed E-state index contributed by atoms with van der Waals surface area (Å²) < 4.78 is 6.65. The van der Waals surface area contributed by atoms with Crippen LogP contribution in [0.4, 0.5) is 5.13 Å². The molecule has 3 aromatic rings. The Morgan fingerprint density at radius 2 is 2.14 bits per heavy atom. The van der Waals surface area contributed by atoms with Gasteiger partial charge in [-0.05, 0) is 38.8 Å². The van der Waals surface area contributed by atoms with Gasteiger partial charge in [0.1, 0.15) is 0 Å². The minimum atomic E-state index is -0.0666. The highest BCUT2D eigenvalue weighted by Gasteiger charge is 2.35. The molecular formula is C19H21N5O2S2. The van der Waals surface area contributed by atoms with Crippen molar-refractivity contribution in [2.24, 2.45) is 0 Å². The van der Waals surface area contributed by atoms with E-state index in [1.54, 1.807) is 4.90 Å². The predicted molar refractivity (Wildman–Crippen MR) is 109 cm³/mol. The quantitative estimate of drug-likeness (QED) is 0.410. The molecule has 0 N–H and O–H groups in total. The van der Waals surface area contributed by atoms with Crippen molar-refractivity contribution in [3.8, 4) is 11.5 Å². The van der Waals surface area contributed by atoms with E-state index in [9.17, 15) is 4.79 Å². The van der Waals surface area contributed by atoms with Crippen molar-refractivity contribution in [2.45, 2.75) is 55.7 Å². The first-order valence-corrected chi connectivity index (χ1v) is 11.0. The molecule has 1 fully saturated rings. The molecule has 0 radical (unpaired) electrons. The molecule has 1 aliphatic rings. The maximum atomic E-state index is 12.2. The number of anilines is 1. The Morgan fingerprint density at radius 3 is 2.86 bits per heavy atom. The van der Waals surface area contributed by atoms with E-state index in [0.717, 1.165) is 28.3 Å². The summed E-state index contributed by atoms with van der Waals surface area (Å²) in [6.07, 6.45) is 2.54. The number of rotatable bonds is 7. The van der Waals surface area contributed by atoms with E-state index in [-0.39, 0.29) is 17.2 Å². The highest BCUT2D eigenvalue weighted by Crippen LogP contribution is 2.40. The number of aryl methyl sites for hydroxylation is 1. The van der Waals surface area contributed by atoms with Crippen molar-refractivity contribution in [1.29, 1.82) is 0 Å². The van der Waals surface area contributed by atoms with E-state index in [0.29, 0.717) is 23.3 Å². The van der Waals surface area contributed by atoms with E-state index in [4.69, 9.17) is 4.42 Å². The van der Waals surface area contributed by atoms with Crippen LogP contribution < -0.4 is 4.90 Å². The summed E-state index contributed by atoms with van der Waals surface area (Å²) in [5.41, 5.74) is 2.05. The third kappa shape index (κ3) is 4.10. The minimum Gasteiger partial charge on any atom is -0.419 e. The molecule has 0 spiro atoms. The highest BCUT2D eigenvalue weighted by molar-refractivity contribution is 8.01. The molecule has 0 aliphatic heterocycles. The van der Waals surface area contributed by atoms with Crippen LogP contribution in [0, 0.1) is 6.92 Å². The predicted octanol–water partition coefficient (Wildman–Crippen LogP) is 4.66. The van der Waals surface area contributed by atoms with Gasteiger partial charge in [-0.2, -0.15) is 0 Å². The zero-order valence-corrected chi connectivity index (χ0v) is 17.6. The minimum absolute atomic E-state index is 0.0666. The zero-order chi connectivity index (χ0) is 19.7. The standard InChI is InChI=1S/C19H21N5O2S2/c1-4-15(25)24(14-8-9-14)18-22-23-19(28-18)27-12(3)16-20-21-17(26-16)13-7-5-6-11(2)10-13/h5-7,10,12,14H,4,8-9H2,1-3H3. The Labute approximate surface area is 171 Å².